The Morgan fingerprint density at radius 2 is 1.93 bits per heavy atom. The number of alkyl halides is 2. The molecule has 0 spiro atoms. The van der Waals surface area contributed by atoms with Gasteiger partial charge in [-0.1, -0.05) is 23.4 Å². The predicted octanol–water partition coefficient (Wildman–Crippen LogP) is 4.86. The van der Waals surface area contributed by atoms with Crippen LogP contribution in [0.2, 0.25) is 0 Å². The largest absolute Gasteiger partial charge is 0.488 e. The third kappa shape index (κ3) is 4.87. The van der Waals surface area contributed by atoms with E-state index >= 15 is 0 Å². The maximum Gasteiger partial charge on any atom is 0.387 e. The molecule has 1 N–H and O–H groups in total. The summed E-state index contributed by atoms with van der Waals surface area (Å²) >= 11 is 0. The Labute approximate surface area is 164 Å². The molecule has 0 aliphatic heterocycles. The predicted molar refractivity (Wildman–Crippen MR) is 97.7 cm³/mol. The van der Waals surface area contributed by atoms with Gasteiger partial charge in [-0.2, -0.15) is 8.78 Å². The summed E-state index contributed by atoms with van der Waals surface area (Å²) in [5.41, 5.74) is 1.09. The fourth-order valence-corrected chi connectivity index (χ4v) is 2.58. The van der Waals surface area contributed by atoms with Gasteiger partial charge < -0.3 is 19.3 Å². The first kappa shape index (κ1) is 20.2. The van der Waals surface area contributed by atoms with Crippen LogP contribution in [0.15, 0.2) is 47.0 Å². The number of hydrogen-bond acceptors (Lipinski definition) is 5. The topological polar surface area (TPSA) is 73.6 Å². The highest BCUT2D eigenvalue weighted by molar-refractivity contribution is 6.04. The lowest BCUT2D eigenvalue weighted by atomic mass is 10.2. The van der Waals surface area contributed by atoms with Crippen molar-refractivity contribution >= 4 is 11.6 Å². The first-order valence-electron chi connectivity index (χ1n) is 8.54. The van der Waals surface area contributed by atoms with Crippen LogP contribution in [0.4, 0.5) is 18.9 Å². The fraction of sp³-hybridized carbons (Fsp3) is 0.200. The van der Waals surface area contributed by atoms with Crippen molar-refractivity contribution in [3.63, 3.8) is 0 Å². The third-order valence-corrected chi connectivity index (χ3v) is 4.07. The Morgan fingerprint density at radius 1 is 1.17 bits per heavy atom. The highest BCUT2D eigenvalue weighted by Crippen LogP contribution is 2.28. The molecule has 0 saturated carbocycles. The molecule has 0 fully saturated rings. The summed E-state index contributed by atoms with van der Waals surface area (Å²) in [7, 11) is 0. The number of nitrogens with one attached hydrogen (secondary N) is 1. The maximum atomic E-state index is 13.3. The molecule has 3 aromatic rings. The molecule has 0 bridgehead atoms. The van der Waals surface area contributed by atoms with Crippen molar-refractivity contribution in [1.82, 2.24) is 5.16 Å². The van der Waals surface area contributed by atoms with Gasteiger partial charge >= 0.3 is 6.61 Å². The van der Waals surface area contributed by atoms with Crippen molar-refractivity contribution < 1.29 is 32.0 Å². The summed E-state index contributed by atoms with van der Waals surface area (Å²) in [4.78, 5) is 12.6. The zero-order valence-electron chi connectivity index (χ0n) is 15.5. The number of ether oxygens (including phenoxy) is 2. The van der Waals surface area contributed by atoms with Gasteiger partial charge in [0, 0.05) is 6.07 Å². The number of hydrogen-bond donors (Lipinski definition) is 1. The Kier molecular flexibility index (Phi) is 6.06. The lowest BCUT2D eigenvalue weighted by molar-refractivity contribution is -0.0495. The molecule has 0 aliphatic carbocycles. The van der Waals surface area contributed by atoms with Crippen LogP contribution in [0.3, 0.4) is 0 Å². The molecular formula is C20H17F3N2O4. The number of benzene rings is 2. The van der Waals surface area contributed by atoms with Gasteiger partial charge in [0.25, 0.3) is 5.91 Å². The van der Waals surface area contributed by atoms with Gasteiger partial charge in [-0.15, -0.1) is 0 Å². The van der Waals surface area contributed by atoms with Crippen LogP contribution in [-0.4, -0.2) is 17.7 Å². The minimum Gasteiger partial charge on any atom is -0.488 e. The lowest BCUT2D eigenvalue weighted by Gasteiger charge is -2.12. The smallest absolute Gasteiger partial charge is 0.387 e. The molecule has 0 aliphatic rings. The van der Waals surface area contributed by atoms with Crippen molar-refractivity contribution in [1.29, 1.82) is 0 Å². The molecule has 2 aromatic carbocycles. The van der Waals surface area contributed by atoms with Crippen molar-refractivity contribution in [2.75, 3.05) is 5.32 Å². The van der Waals surface area contributed by atoms with Crippen LogP contribution in [0.1, 0.15) is 27.4 Å². The average molecular weight is 406 g/mol. The van der Waals surface area contributed by atoms with Crippen LogP contribution in [-0.2, 0) is 6.61 Å². The number of para-hydroxylation sites is 1. The molecule has 0 radical (unpaired) electrons. The molecule has 0 saturated heterocycles. The Balaban J connectivity index is 1.80. The molecule has 3 rings (SSSR count). The summed E-state index contributed by atoms with van der Waals surface area (Å²) in [6.07, 6.45) is 0. The second-order valence-corrected chi connectivity index (χ2v) is 6.09. The quantitative estimate of drug-likeness (QED) is 0.606. The Bertz CT molecular complexity index is 1020. The number of anilines is 1. The molecule has 9 heteroatoms. The molecule has 1 amide bonds. The van der Waals surface area contributed by atoms with E-state index in [1.165, 1.54) is 0 Å². The van der Waals surface area contributed by atoms with E-state index in [0.29, 0.717) is 17.1 Å². The van der Waals surface area contributed by atoms with Crippen LogP contribution < -0.4 is 14.8 Å². The number of rotatable bonds is 7. The first-order chi connectivity index (χ1) is 13.8. The monoisotopic (exact) mass is 406 g/mol. The van der Waals surface area contributed by atoms with Crippen molar-refractivity contribution in [2.24, 2.45) is 0 Å². The lowest BCUT2D eigenvalue weighted by Crippen LogP contribution is -2.17. The molecule has 0 unspecified atom stereocenters. The normalized spacial score (nSPS) is 10.8. The molecule has 0 atom stereocenters. The van der Waals surface area contributed by atoms with Crippen LogP contribution in [0.5, 0.6) is 11.5 Å². The number of aryl methyl sites for hydroxylation is 2. The van der Waals surface area contributed by atoms with Gasteiger partial charge in [0.2, 0.25) is 0 Å². The molecule has 1 aromatic heterocycles. The van der Waals surface area contributed by atoms with Gasteiger partial charge in [0.15, 0.2) is 11.4 Å². The van der Waals surface area contributed by atoms with Gasteiger partial charge in [-0.25, -0.2) is 4.39 Å². The van der Waals surface area contributed by atoms with Crippen molar-refractivity contribution in [3.8, 4) is 11.5 Å². The SMILES string of the molecule is Cc1ccccc1OCc1c(C(=O)Nc2ccc(F)cc2OC(F)F)noc1C. The number of amides is 1. The summed E-state index contributed by atoms with van der Waals surface area (Å²) in [5.74, 6) is -1.04. The maximum absolute atomic E-state index is 13.3. The number of carbonyl (C=O) groups is 1. The molecule has 152 valence electrons. The standard InChI is InChI=1S/C20H17F3N2O4/c1-11-5-3-4-6-16(11)27-10-14-12(2)29-25-18(14)19(26)24-15-8-7-13(21)9-17(15)28-20(22)23/h3-9,20H,10H2,1-2H3,(H,24,26). The van der Waals surface area contributed by atoms with E-state index in [-0.39, 0.29) is 18.0 Å². The minimum absolute atomic E-state index is 0.00670. The number of carbonyl (C=O) groups excluding carboxylic acids is 1. The second kappa shape index (κ2) is 8.68. The molecule has 1 heterocycles. The van der Waals surface area contributed by atoms with Crippen LogP contribution in [0.25, 0.3) is 0 Å². The van der Waals surface area contributed by atoms with E-state index in [1.54, 1.807) is 13.0 Å². The zero-order chi connectivity index (χ0) is 21.0. The Morgan fingerprint density at radius 3 is 2.66 bits per heavy atom. The van der Waals surface area contributed by atoms with Gasteiger partial charge in [-0.3, -0.25) is 4.79 Å². The molecular weight excluding hydrogens is 389 g/mol. The van der Waals surface area contributed by atoms with E-state index in [9.17, 15) is 18.0 Å². The molecule has 6 nitrogen and oxygen atoms in total. The second-order valence-electron chi connectivity index (χ2n) is 6.09. The number of nitrogens with zero attached hydrogens (tertiary/aromatic N) is 1. The van der Waals surface area contributed by atoms with E-state index in [2.05, 4.69) is 15.2 Å². The summed E-state index contributed by atoms with van der Waals surface area (Å²) in [5, 5.41) is 6.11. The summed E-state index contributed by atoms with van der Waals surface area (Å²) in [6, 6.07) is 10.2. The van der Waals surface area contributed by atoms with E-state index in [4.69, 9.17) is 9.26 Å². The van der Waals surface area contributed by atoms with Gasteiger partial charge in [0.1, 0.15) is 23.9 Å². The summed E-state index contributed by atoms with van der Waals surface area (Å²) < 4.78 is 53.5. The zero-order valence-corrected chi connectivity index (χ0v) is 15.5. The number of aromatic nitrogens is 1. The highest BCUT2D eigenvalue weighted by Gasteiger charge is 2.22. The minimum atomic E-state index is -3.18. The average Bonchev–Trinajstić information content (AvgIpc) is 3.03. The third-order valence-electron chi connectivity index (χ3n) is 4.07. The van der Waals surface area contributed by atoms with Crippen molar-refractivity contribution in [3.05, 3.63) is 70.9 Å². The molecule has 29 heavy (non-hydrogen) atoms. The van der Waals surface area contributed by atoms with Gasteiger partial charge in [0.05, 0.1) is 11.3 Å². The van der Waals surface area contributed by atoms with E-state index in [1.807, 2.05) is 25.1 Å². The van der Waals surface area contributed by atoms with E-state index in [0.717, 1.165) is 23.8 Å². The Hall–Kier alpha value is -3.49. The number of halogens is 3. The van der Waals surface area contributed by atoms with Gasteiger partial charge in [-0.05, 0) is 37.6 Å². The van der Waals surface area contributed by atoms with Crippen LogP contribution >= 0.6 is 0 Å². The van der Waals surface area contributed by atoms with E-state index < -0.39 is 24.1 Å². The van der Waals surface area contributed by atoms with Crippen molar-refractivity contribution in [2.45, 2.75) is 27.1 Å². The summed E-state index contributed by atoms with van der Waals surface area (Å²) in [6.45, 7) is 0.318. The fourth-order valence-electron chi connectivity index (χ4n) is 2.58. The highest BCUT2D eigenvalue weighted by atomic mass is 19.3. The van der Waals surface area contributed by atoms with Crippen LogP contribution in [0, 0.1) is 19.7 Å². The first-order valence-corrected chi connectivity index (χ1v) is 8.54.